The van der Waals surface area contributed by atoms with Crippen LogP contribution in [0.2, 0.25) is 0 Å². The fourth-order valence-corrected chi connectivity index (χ4v) is 2.87. The van der Waals surface area contributed by atoms with Crippen LogP contribution in [-0.2, 0) is 16.0 Å². The molecule has 0 amide bonds. The van der Waals surface area contributed by atoms with Gasteiger partial charge in [0.25, 0.3) is 0 Å². The zero-order valence-corrected chi connectivity index (χ0v) is 14.5. The Morgan fingerprint density at radius 1 is 1.22 bits per heavy atom. The van der Waals surface area contributed by atoms with Gasteiger partial charge in [0.1, 0.15) is 0 Å². The van der Waals surface area contributed by atoms with E-state index in [1.165, 1.54) is 5.56 Å². The summed E-state index contributed by atoms with van der Waals surface area (Å²) >= 11 is 0. The van der Waals surface area contributed by atoms with Gasteiger partial charge in [-0.25, -0.2) is 0 Å². The molecule has 0 aliphatic heterocycles. The highest BCUT2D eigenvalue weighted by Gasteiger charge is 2.14. The fraction of sp³-hybridized carbons (Fsp3) is 0.684. The zero-order valence-electron chi connectivity index (χ0n) is 14.5. The van der Waals surface area contributed by atoms with Gasteiger partial charge in [0, 0.05) is 18.8 Å². The van der Waals surface area contributed by atoms with Gasteiger partial charge in [-0.1, -0.05) is 25.3 Å². The molecule has 0 unspecified atom stereocenters. The number of unbranched alkanes of at least 4 members (excludes halogenated alkanes) is 3. The van der Waals surface area contributed by atoms with Gasteiger partial charge >= 0.3 is 5.97 Å². The number of rotatable bonds is 13. The van der Waals surface area contributed by atoms with E-state index in [4.69, 9.17) is 10.5 Å². The van der Waals surface area contributed by atoms with Crippen molar-refractivity contribution in [3.05, 3.63) is 30.1 Å². The van der Waals surface area contributed by atoms with Crippen molar-refractivity contribution in [3.63, 3.8) is 0 Å². The van der Waals surface area contributed by atoms with E-state index in [1.54, 1.807) is 6.20 Å². The Balaban J connectivity index is 2.27. The number of ether oxygens (including phenoxy) is 1. The minimum Gasteiger partial charge on any atom is -0.466 e. The zero-order chi connectivity index (χ0) is 16.8. The SMILES string of the molecule is CCOC(=O)C[C@H](CCCCCN)CCCCc1cccnc1. The third-order valence-corrected chi connectivity index (χ3v) is 4.13. The van der Waals surface area contributed by atoms with E-state index in [9.17, 15) is 4.79 Å². The van der Waals surface area contributed by atoms with Crippen LogP contribution in [0.25, 0.3) is 0 Å². The standard InChI is InChI=1S/C19H32N2O2/c1-2-23-19(22)15-17(9-4-3-7-13-20)10-5-6-11-18-12-8-14-21-16-18/h8,12,14,16-17H,2-7,9-11,13,15,20H2,1H3/t17-/m1/s1. The Morgan fingerprint density at radius 2 is 2.00 bits per heavy atom. The third-order valence-electron chi connectivity index (χ3n) is 4.13. The Kier molecular flexibility index (Phi) is 11.1. The topological polar surface area (TPSA) is 65.2 Å². The molecule has 4 heteroatoms. The summed E-state index contributed by atoms with van der Waals surface area (Å²) in [5.41, 5.74) is 6.83. The first-order valence-electron chi connectivity index (χ1n) is 9.00. The smallest absolute Gasteiger partial charge is 0.306 e. The molecule has 0 saturated carbocycles. The highest BCUT2D eigenvalue weighted by atomic mass is 16.5. The minimum atomic E-state index is -0.0522. The first-order chi connectivity index (χ1) is 11.3. The molecule has 0 aliphatic carbocycles. The lowest BCUT2D eigenvalue weighted by Gasteiger charge is -2.16. The lowest BCUT2D eigenvalue weighted by atomic mass is 9.91. The predicted molar refractivity (Wildman–Crippen MR) is 94.1 cm³/mol. The molecule has 130 valence electrons. The van der Waals surface area contributed by atoms with E-state index in [0.29, 0.717) is 18.9 Å². The highest BCUT2D eigenvalue weighted by Crippen LogP contribution is 2.21. The molecule has 0 radical (unpaired) electrons. The van der Waals surface area contributed by atoms with Gasteiger partial charge in [0.15, 0.2) is 0 Å². The highest BCUT2D eigenvalue weighted by molar-refractivity contribution is 5.69. The number of esters is 1. The summed E-state index contributed by atoms with van der Waals surface area (Å²) in [4.78, 5) is 15.9. The van der Waals surface area contributed by atoms with Gasteiger partial charge in [-0.2, -0.15) is 0 Å². The molecular weight excluding hydrogens is 288 g/mol. The number of hydrogen-bond donors (Lipinski definition) is 1. The molecule has 0 spiro atoms. The molecule has 1 aromatic heterocycles. The monoisotopic (exact) mass is 320 g/mol. The summed E-state index contributed by atoms with van der Waals surface area (Å²) in [7, 11) is 0. The Hall–Kier alpha value is -1.42. The molecule has 4 nitrogen and oxygen atoms in total. The lowest BCUT2D eigenvalue weighted by Crippen LogP contribution is -2.12. The predicted octanol–water partition coefficient (Wildman–Crippen LogP) is 3.88. The molecular formula is C19H32N2O2. The maximum Gasteiger partial charge on any atom is 0.306 e. The van der Waals surface area contributed by atoms with Crippen molar-refractivity contribution < 1.29 is 9.53 Å². The van der Waals surface area contributed by atoms with Crippen LogP contribution in [0.4, 0.5) is 0 Å². The lowest BCUT2D eigenvalue weighted by molar-refractivity contribution is -0.144. The first kappa shape index (κ1) is 19.6. The summed E-state index contributed by atoms with van der Waals surface area (Å²) in [5, 5.41) is 0. The second-order valence-corrected chi connectivity index (χ2v) is 6.12. The van der Waals surface area contributed by atoms with E-state index < -0.39 is 0 Å². The second-order valence-electron chi connectivity index (χ2n) is 6.12. The van der Waals surface area contributed by atoms with Crippen LogP contribution in [0.1, 0.15) is 63.9 Å². The Bertz CT molecular complexity index is 409. The first-order valence-corrected chi connectivity index (χ1v) is 9.00. The maximum absolute atomic E-state index is 11.7. The van der Waals surface area contributed by atoms with E-state index in [2.05, 4.69) is 11.1 Å². The van der Waals surface area contributed by atoms with E-state index >= 15 is 0 Å². The molecule has 0 aliphatic rings. The molecule has 0 fully saturated rings. The second kappa shape index (κ2) is 13.1. The number of aromatic nitrogens is 1. The number of carbonyl (C=O) groups is 1. The van der Waals surface area contributed by atoms with Crippen LogP contribution in [-0.4, -0.2) is 24.1 Å². The van der Waals surface area contributed by atoms with E-state index in [1.807, 2.05) is 19.2 Å². The van der Waals surface area contributed by atoms with Crippen molar-refractivity contribution in [1.82, 2.24) is 4.98 Å². The molecule has 23 heavy (non-hydrogen) atoms. The van der Waals surface area contributed by atoms with Crippen molar-refractivity contribution in [1.29, 1.82) is 0 Å². The third kappa shape index (κ3) is 10.1. The molecule has 1 aromatic rings. The van der Waals surface area contributed by atoms with Gasteiger partial charge in [0.2, 0.25) is 0 Å². The summed E-state index contributed by atoms with van der Waals surface area (Å²) in [6.45, 7) is 3.09. The van der Waals surface area contributed by atoms with E-state index in [0.717, 1.165) is 57.9 Å². The molecule has 1 atom stereocenters. The molecule has 1 rings (SSSR count). The molecule has 1 heterocycles. The Labute approximate surface area is 140 Å². The number of carbonyl (C=O) groups excluding carboxylic acids is 1. The summed E-state index contributed by atoms with van der Waals surface area (Å²) in [5.74, 6) is 0.393. The van der Waals surface area contributed by atoms with Crippen molar-refractivity contribution in [3.8, 4) is 0 Å². The van der Waals surface area contributed by atoms with Gasteiger partial charge in [-0.05, 0) is 63.1 Å². The van der Waals surface area contributed by atoms with Crippen LogP contribution >= 0.6 is 0 Å². The van der Waals surface area contributed by atoms with Gasteiger partial charge in [-0.15, -0.1) is 0 Å². The normalized spacial score (nSPS) is 12.1. The van der Waals surface area contributed by atoms with Crippen LogP contribution < -0.4 is 5.73 Å². The van der Waals surface area contributed by atoms with Gasteiger partial charge in [0.05, 0.1) is 6.61 Å². The van der Waals surface area contributed by atoms with Crippen LogP contribution in [0, 0.1) is 5.92 Å². The number of nitrogens with two attached hydrogens (primary N) is 1. The quantitative estimate of drug-likeness (QED) is 0.442. The summed E-state index contributed by atoms with van der Waals surface area (Å²) in [6, 6.07) is 4.10. The number of hydrogen-bond acceptors (Lipinski definition) is 4. The molecule has 0 aromatic carbocycles. The molecule has 2 N–H and O–H groups in total. The maximum atomic E-state index is 11.7. The van der Waals surface area contributed by atoms with Crippen molar-refractivity contribution in [2.24, 2.45) is 11.7 Å². The number of pyridine rings is 1. The van der Waals surface area contributed by atoms with Crippen LogP contribution in [0.15, 0.2) is 24.5 Å². The number of nitrogens with zero attached hydrogens (tertiary/aromatic N) is 1. The minimum absolute atomic E-state index is 0.0522. The van der Waals surface area contributed by atoms with Crippen molar-refractivity contribution >= 4 is 5.97 Å². The largest absolute Gasteiger partial charge is 0.466 e. The fourth-order valence-electron chi connectivity index (χ4n) is 2.87. The Morgan fingerprint density at radius 3 is 2.65 bits per heavy atom. The molecule has 0 saturated heterocycles. The van der Waals surface area contributed by atoms with Crippen molar-refractivity contribution in [2.45, 2.75) is 64.7 Å². The number of aryl methyl sites for hydroxylation is 1. The summed E-state index contributed by atoms with van der Waals surface area (Å²) < 4.78 is 5.11. The average molecular weight is 320 g/mol. The van der Waals surface area contributed by atoms with Crippen molar-refractivity contribution in [2.75, 3.05) is 13.2 Å². The average Bonchev–Trinajstić information content (AvgIpc) is 2.56. The van der Waals surface area contributed by atoms with Gasteiger partial charge < -0.3 is 10.5 Å². The van der Waals surface area contributed by atoms with E-state index in [-0.39, 0.29) is 5.97 Å². The van der Waals surface area contributed by atoms with Crippen LogP contribution in [0.3, 0.4) is 0 Å². The van der Waals surface area contributed by atoms with Crippen LogP contribution in [0.5, 0.6) is 0 Å². The van der Waals surface area contributed by atoms with Gasteiger partial charge in [-0.3, -0.25) is 9.78 Å². The summed E-state index contributed by atoms with van der Waals surface area (Å²) in [6.07, 6.45) is 13.2. The molecule has 0 bridgehead atoms.